The van der Waals surface area contributed by atoms with Gasteiger partial charge in [0, 0.05) is 25.1 Å². The standard InChI is InChI=1S/C29H50N2O4/c1-4-5-6-7-8-9-10-11-12-13-14-15-16-17-20-31-21-18-27(19-22-31)25-30-29(33)35-24-23-34-28(32)26(2)3/h18-19,21-22,26H,4-17,20,23-25H2,1-3H3/p+1. The molecule has 0 saturated heterocycles. The summed E-state index contributed by atoms with van der Waals surface area (Å²) in [5.74, 6) is -0.472. The van der Waals surface area contributed by atoms with E-state index >= 15 is 0 Å². The van der Waals surface area contributed by atoms with Crippen LogP contribution in [0.15, 0.2) is 24.5 Å². The Labute approximate surface area is 214 Å². The number of carbonyl (C=O) groups is 2. The number of esters is 1. The monoisotopic (exact) mass is 491 g/mol. The van der Waals surface area contributed by atoms with Crippen molar-refractivity contribution >= 4 is 12.1 Å². The summed E-state index contributed by atoms with van der Waals surface area (Å²) in [5, 5.41) is 2.72. The van der Waals surface area contributed by atoms with Crippen molar-refractivity contribution in [3.05, 3.63) is 30.1 Å². The number of pyridine rings is 1. The van der Waals surface area contributed by atoms with Gasteiger partial charge in [-0.1, -0.05) is 97.8 Å². The highest BCUT2D eigenvalue weighted by Gasteiger charge is 2.09. The van der Waals surface area contributed by atoms with E-state index in [0.29, 0.717) is 6.54 Å². The first-order chi connectivity index (χ1) is 17.0. The lowest BCUT2D eigenvalue weighted by Gasteiger charge is -2.09. The molecule has 1 amide bonds. The molecular weight excluding hydrogens is 440 g/mol. The molecule has 0 aliphatic rings. The van der Waals surface area contributed by atoms with Crippen LogP contribution >= 0.6 is 0 Å². The zero-order valence-electron chi connectivity index (χ0n) is 22.7. The Balaban J connectivity index is 1.97. The molecule has 6 nitrogen and oxygen atoms in total. The SMILES string of the molecule is CCCCCCCCCCCCCCCC[n+]1ccc(CNC(=O)OCCOC(=O)C(C)C)cc1. The van der Waals surface area contributed by atoms with Gasteiger partial charge in [-0.2, -0.15) is 0 Å². The third-order valence-corrected chi connectivity index (χ3v) is 6.20. The molecule has 0 radical (unpaired) electrons. The fourth-order valence-electron chi connectivity index (χ4n) is 3.91. The first-order valence-corrected chi connectivity index (χ1v) is 14.1. The maximum Gasteiger partial charge on any atom is 0.407 e. The second-order valence-corrected chi connectivity index (χ2v) is 9.85. The van der Waals surface area contributed by atoms with Crippen molar-refractivity contribution in [3.8, 4) is 0 Å². The van der Waals surface area contributed by atoms with Gasteiger partial charge in [0.25, 0.3) is 0 Å². The number of amides is 1. The Morgan fingerprint density at radius 1 is 0.771 bits per heavy atom. The number of nitrogens with one attached hydrogen (secondary N) is 1. The number of aromatic nitrogens is 1. The first-order valence-electron chi connectivity index (χ1n) is 14.1. The molecule has 35 heavy (non-hydrogen) atoms. The van der Waals surface area contributed by atoms with Gasteiger partial charge in [-0.3, -0.25) is 4.79 Å². The third kappa shape index (κ3) is 17.9. The number of aryl methyl sites for hydroxylation is 1. The van der Waals surface area contributed by atoms with Crippen molar-refractivity contribution in [3.63, 3.8) is 0 Å². The van der Waals surface area contributed by atoms with Gasteiger partial charge in [0.15, 0.2) is 12.4 Å². The number of carbonyl (C=O) groups excluding carboxylic acids is 2. The summed E-state index contributed by atoms with van der Waals surface area (Å²) in [6, 6.07) is 4.04. The van der Waals surface area contributed by atoms with Crippen LogP contribution in [0.5, 0.6) is 0 Å². The third-order valence-electron chi connectivity index (χ3n) is 6.20. The normalized spacial score (nSPS) is 11.0. The van der Waals surface area contributed by atoms with Crippen LogP contribution < -0.4 is 9.88 Å². The van der Waals surface area contributed by atoms with Gasteiger partial charge in [0.1, 0.15) is 19.8 Å². The van der Waals surface area contributed by atoms with E-state index in [1.165, 1.54) is 89.9 Å². The van der Waals surface area contributed by atoms with Gasteiger partial charge < -0.3 is 14.8 Å². The number of hydrogen-bond acceptors (Lipinski definition) is 4. The zero-order chi connectivity index (χ0) is 25.6. The van der Waals surface area contributed by atoms with Gasteiger partial charge in [-0.05, 0) is 12.0 Å². The molecule has 0 unspecified atom stereocenters. The molecule has 200 valence electrons. The largest absolute Gasteiger partial charge is 0.462 e. The van der Waals surface area contributed by atoms with E-state index in [1.54, 1.807) is 13.8 Å². The Kier molecular flexibility index (Phi) is 18.7. The molecule has 0 atom stereocenters. The van der Waals surface area contributed by atoms with Crippen LogP contribution in [0.3, 0.4) is 0 Å². The van der Waals surface area contributed by atoms with E-state index in [0.717, 1.165) is 12.1 Å². The highest BCUT2D eigenvalue weighted by Crippen LogP contribution is 2.13. The fourth-order valence-corrected chi connectivity index (χ4v) is 3.91. The quantitative estimate of drug-likeness (QED) is 0.116. The van der Waals surface area contributed by atoms with Crippen molar-refractivity contribution in [1.82, 2.24) is 5.32 Å². The molecule has 0 saturated carbocycles. The molecule has 0 spiro atoms. The summed E-state index contributed by atoms with van der Waals surface area (Å²) < 4.78 is 12.2. The minimum Gasteiger partial charge on any atom is -0.462 e. The van der Waals surface area contributed by atoms with Crippen molar-refractivity contribution in [2.75, 3.05) is 13.2 Å². The lowest BCUT2D eigenvalue weighted by atomic mass is 10.0. The predicted octanol–water partition coefficient (Wildman–Crippen LogP) is 6.88. The molecule has 0 aliphatic heterocycles. The second-order valence-electron chi connectivity index (χ2n) is 9.85. The highest BCUT2D eigenvalue weighted by molar-refractivity contribution is 5.71. The van der Waals surface area contributed by atoms with Gasteiger partial charge in [-0.15, -0.1) is 0 Å². The maximum atomic E-state index is 11.7. The summed E-state index contributed by atoms with van der Waals surface area (Å²) in [6.45, 7) is 7.37. The summed E-state index contributed by atoms with van der Waals surface area (Å²) in [5.41, 5.74) is 1.02. The smallest absolute Gasteiger partial charge is 0.407 e. The fraction of sp³-hybridized carbons (Fsp3) is 0.759. The van der Waals surface area contributed by atoms with Crippen LogP contribution in [0.2, 0.25) is 0 Å². The maximum absolute atomic E-state index is 11.7. The summed E-state index contributed by atoms with van der Waals surface area (Å²) in [7, 11) is 0. The molecule has 1 aromatic rings. The summed E-state index contributed by atoms with van der Waals surface area (Å²) >= 11 is 0. The first kappa shape index (κ1) is 30.9. The number of unbranched alkanes of at least 4 members (excludes halogenated alkanes) is 13. The van der Waals surface area contributed by atoms with E-state index < -0.39 is 6.09 Å². The van der Waals surface area contributed by atoms with Gasteiger partial charge in [0.2, 0.25) is 0 Å². The van der Waals surface area contributed by atoms with Crippen LogP contribution in [0.1, 0.15) is 116 Å². The number of rotatable bonds is 21. The molecule has 6 heteroatoms. The van der Waals surface area contributed by atoms with Crippen LogP contribution in [0.25, 0.3) is 0 Å². The van der Waals surface area contributed by atoms with Gasteiger partial charge in [-0.25, -0.2) is 9.36 Å². The van der Waals surface area contributed by atoms with E-state index in [4.69, 9.17) is 9.47 Å². The van der Waals surface area contributed by atoms with Gasteiger partial charge in [0.05, 0.1) is 5.92 Å². The summed E-state index contributed by atoms with van der Waals surface area (Å²) in [4.78, 5) is 23.1. The van der Waals surface area contributed by atoms with Crippen LogP contribution in [-0.4, -0.2) is 25.3 Å². The Hall–Kier alpha value is -2.11. The molecule has 1 N–H and O–H groups in total. The van der Waals surface area contributed by atoms with E-state index in [1.807, 2.05) is 12.1 Å². The molecule has 0 fully saturated rings. The predicted molar refractivity (Wildman–Crippen MR) is 141 cm³/mol. The minimum absolute atomic E-state index is 0.0538. The zero-order valence-corrected chi connectivity index (χ0v) is 22.7. The van der Waals surface area contributed by atoms with E-state index in [2.05, 4.69) is 29.2 Å². The lowest BCUT2D eigenvalue weighted by Crippen LogP contribution is -2.33. The Morgan fingerprint density at radius 3 is 1.77 bits per heavy atom. The van der Waals surface area contributed by atoms with Crippen molar-refractivity contribution in [1.29, 1.82) is 0 Å². The average Bonchev–Trinajstić information content (AvgIpc) is 2.86. The number of nitrogens with zero attached hydrogens (tertiary/aromatic N) is 1. The van der Waals surface area contributed by atoms with Crippen molar-refractivity contribution in [2.24, 2.45) is 5.92 Å². The van der Waals surface area contributed by atoms with E-state index in [-0.39, 0.29) is 25.1 Å². The minimum atomic E-state index is -0.510. The van der Waals surface area contributed by atoms with Crippen molar-refractivity contribution < 1.29 is 23.6 Å². The lowest BCUT2D eigenvalue weighted by molar-refractivity contribution is -0.697. The molecular formula is C29H51N2O4+. The molecule has 0 aliphatic carbocycles. The molecule has 0 bridgehead atoms. The molecule has 1 aromatic heterocycles. The molecule has 1 rings (SSSR count). The van der Waals surface area contributed by atoms with E-state index in [9.17, 15) is 9.59 Å². The topological polar surface area (TPSA) is 68.5 Å². The van der Waals surface area contributed by atoms with Crippen molar-refractivity contribution in [2.45, 2.75) is 124 Å². The summed E-state index contributed by atoms with van der Waals surface area (Å²) in [6.07, 6.45) is 22.9. The highest BCUT2D eigenvalue weighted by atomic mass is 16.6. The molecule has 1 heterocycles. The van der Waals surface area contributed by atoms with Crippen LogP contribution in [0, 0.1) is 5.92 Å². The Bertz CT molecular complexity index is 661. The number of alkyl carbamates (subject to hydrolysis) is 1. The van der Waals surface area contributed by atoms with Crippen LogP contribution in [-0.2, 0) is 27.4 Å². The Morgan fingerprint density at radius 2 is 1.26 bits per heavy atom. The average molecular weight is 492 g/mol. The second kappa shape index (κ2) is 21.2. The molecule has 0 aromatic carbocycles. The number of hydrogen-bond donors (Lipinski definition) is 1. The number of ether oxygens (including phenoxy) is 2. The van der Waals surface area contributed by atoms with Crippen LogP contribution in [0.4, 0.5) is 4.79 Å². The van der Waals surface area contributed by atoms with Gasteiger partial charge >= 0.3 is 12.1 Å².